The molecule has 5 nitrogen and oxygen atoms in total. The van der Waals surface area contributed by atoms with Gasteiger partial charge in [-0.1, -0.05) is 24.3 Å². The lowest BCUT2D eigenvalue weighted by atomic mass is 10.0. The van der Waals surface area contributed by atoms with Gasteiger partial charge in [-0.2, -0.15) is 13.2 Å². The first-order valence-electron chi connectivity index (χ1n) is 8.07. The SMILES string of the molecule is COc1ccc([C@H](CC(=O)Nc2cccc(C)c2)NC(=O)C(F)(F)F)cc1. The van der Waals surface area contributed by atoms with E-state index in [-0.39, 0.29) is 6.42 Å². The van der Waals surface area contributed by atoms with Gasteiger partial charge in [0.2, 0.25) is 5.91 Å². The van der Waals surface area contributed by atoms with Crippen LogP contribution in [0.1, 0.15) is 23.6 Å². The molecule has 27 heavy (non-hydrogen) atoms. The van der Waals surface area contributed by atoms with Crippen molar-refractivity contribution in [3.05, 3.63) is 59.7 Å². The number of ether oxygens (including phenoxy) is 1. The summed E-state index contributed by atoms with van der Waals surface area (Å²) in [7, 11) is 1.45. The van der Waals surface area contributed by atoms with E-state index in [1.807, 2.05) is 18.3 Å². The number of amides is 2. The van der Waals surface area contributed by atoms with Crippen molar-refractivity contribution in [2.45, 2.75) is 25.6 Å². The lowest BCUT2D eigenvalue weighted by Crippen LogP contribution is -2.40. The van der Waals surface area contributed by atoms with Crippen LogP contribution in [0.15, 0.2) is 48.5 Å². The van der Waals surface area contributed by atoms with Gasteiger partial charge in [0.15, 0.2) is 0 Å². The number of carbonyl (C=O) groups is 2. The van der Waals surface area contributed by atoms with E-state index in [0.717, 1.165) is 5.56 Å². The van der Waals surface area contributed by atoms with E-state index in [0.29, 0.717) is 17.0 Å². The summed E-state index contributed by atoms with van der Waals surface area (Å²) < 4.78 is 42.9. The fraction of sp³-hybridized carbons (Fsp3) is 0.263. The maximum atomic E-state index is 12.6. The Balaban J connectivity index is 2.17. The average molecular weight is 380 g/mol. The highest BCUT2D eigenvalue weighted by Crippen LogP contribution is 2.24. The zero-order valence-corrected chi connectivity index (χ0v) is 14.8. The summed E-state index contributed by atoms with van der Waals surface area (Å²) in [5.41, 5.74) is 1.80. The molecule has 0 saturated carbocycles. The van der Waals surface area contributed by atoms with Crippen LogP contribution in [0.3, 0.4) is 0 Å². The van der Waals surface area contributed by atoms with Crippen molar-refractivity contribution in [2.24, 2.45) is 0 Å². The Kier molecular flexibility index (Phi) is 6.44. The molecule has 2 N–H and O–H groups in total. The number of halogens is 3. The first-order chi connectivity index (χ1) is 12.7. The van der Waals surface area contributed by atoms with Crippen molar-refractivity contribution in [1.29, 1.82) is 0 Å². The molecule has 2 aromatic carbocycles. The third-order valence-corrected chi connectivity index (χ3v) is 3.77. The van der Waals surface area contributed by atoms with Gasteiger partial charge >= 0.3 is 12.1 Å². The normalized spacial score (nSPS) is 12.2. The minimum atomic E-state index is -5.04. The van der Waals surface area contributed by atoms with Crippen molar-refractivity contribution >= 4 is 17.5 Å². The van der Waals surface area contributed by atoms with Crippen molar-refractivity contribution in [3.8, 4) is 5.75 Å². The first-order valence-corrected chi connectivity index (χ1v) is 8.07. The average Bonchev–Trinajstić information content (AvgIpc) is 2.60. The van der Waals surface area contributed by atoms with Crippen LogP contribution in [0.2, 0.25) is 0 Å². The highest BCUT2D eigenvalue weighted by molar-refractivity contribution is 5.92. The number of rotatable bonds is 6. The molecule has 0 radical (unpaired) electrons. The van der Waals surface area contributed by atoms with Gasteiger partial charge in [-0.15, -0.1) is 0 Å². The Labute approximate surface area is 154 Å². The van der Waals surface area contributed by atoms with Crippen molar-refractivity contribution in [1.82, 2.24) is 5.32 Å². The van der Waals surface area contributed by atoms with Crippen LogP contribution < -0.4 is 15.4 Å². The third kappa shape index (κ3) is 6.02. The molecule has 0 heterocycles. The maximum Gasteiger partial charge on any atom is 0.471 e. The molecular weight excluding hydrogens is 361 g/mol. The number of carbonyl (C=O) groups excluding carboxylic acids is 2. The van der Waals surface area contributed by atoms with E-state index >= 15 is 0 Å². The topological polar surface area (TPSA) is 67.4 Å². The summed E-state index contributed by atoms with van der Waals surface area (Å²) in [4.78, 5) is 23.7. The van der Waals surface area contributed by atoms with E-state index in [4.69, 9.17) is 4.74 Å². The van der Waals surface area contributed by atoms with E-state index in [2.05, 4.69) is 5.32 Å². The van der Waals surface area contributed by atoms with Crippen molar-refractivity contribution in [3.63, 3.8) is 0 Å². The number of anilines is 1. The molecule has 1 atom stereocenters. The summed E-state index contributed by atoms with van der Waals surface area (Å²) in [5.74, 6) is -2.13. The van der Waals surface area contributed by atoms with E-state index in [1.165, 1.54) is 19.2 Å². The number of hydrogen-bond donors (Lipinski definition) is 2. The quantitative estimate of drug-likeness (QED) is 0.802. The summed E-state index contributed by atoms with van der Waals surface area (Å²) in [6.45, 7) is 1.85. The van der Waals surface area contributed by atoms with Gasteiger partial charge in [0.25, 0.3) is 0 Å². The summed E-state index contributed by atoms with van der Waals surface area (Å²) >= 11 is 0. The van der Waals surface area contributed by atoms with Crippen LogP contribution in [-0.4, -0.2) is 25.1 Å². The number of hydrogen-bond acceptors (Lipinski definition) is 3. The lowest BCUT2D eigenvalue weighted by Gasteiger charge is -2.20. The van der Waals surface area contributed by atoms with Crippen LogP contribution in [0, 0.1) is 6.92 Å². The summed E-state index contributed by atoms with van der Waals surface area (Å²) in [6.07, 6.45) is -5.40. The van der Waals surface area contributed by atoms with Gasteiger partial charge in [0.1, 0.15) is 5.75 Å². The highest BCUT2D eigenvalue weighted by atomic mass is 19.4. The molecule has 0 aliphatic heterocycles. The predicted octanol–water partition coefficient (Wildman–Crippen LogP) is 3.75. The fourth-order valence-electron chi connectivity index (χ4n) is 2.45. The van der Waals surface area contributed by atoms with Crippen LogP contribution >= 0.6 is 0 Å². The number of nitrogens with one attached hydrogen (secondary N) is 2. The number of methoxy groups -OCH3 is 1. The monoisotopic (exact) mass is 380 g/mol. The van der Waals surface area contributed by atoms with Crippen LogP contribution in [0.5, 0.6) is 5.75 Å². The van der Waals surface area contributed by atoms with Gasteiger partial charge in [-0.25, -0.2) is 0 Å². The molecule has 2 amide bonds. The smallest absolute Gasteiger partial charge is 0.471 e. The summed E-state index contributed by atoms with van der Waals surface area (Å²) in [6, 6.07) is 11.9. The number of benzene rings is 2. The standard InChI is InChI=1S/C19H19F3N2O3/c1-12-4-3-5-14(10-12)23-17(25)11-16(24-18(26)19(20,21)22)13-6-8-15(27-2)9-7-13/h3-10,16H,11H2,1-2H3,(H,23,25)(H,24,26)/t16-/m0/s1. The van der Waals surface area contributed by atoms with Gasteiger partial charge in [0.05, 0.1) is 19.6 Å². The molecular formula is C19H19F3N2O3. The molecule has 8 heteroatoms. The van der Waals surface area contributed by atoms with E-state index < -0.39 is 24.0 Å². The van der Waals surface area contributed by atoms with Crippen molar-refractivity contribution < 1.29 is 27.5 Å². The Bertz CT molecular complexity index is 805. The zero-order chi connectivity index (χ0) is 20.0. The van der Waals surface area contributed by atoms with Crippen LogP contribution in [0.4, 0.5) is 18.9 Å². The first kappa shape index (κ1) is 20.3. The molecule has 144 valence electrons. The molecule has 0 aliphatic carbocycles. The van der Waals surface area contributed by atoms with Gasteiger partial charge in [-0.05, 0) is 42.3 Å². The molecule has 0 aliphatic rings. The number of alkyl halides is 3. The third-order valence-electron chi connectivity index (χ3n) is 3.77. The highest BCUT2D eigenvalue weighted by Gasteiger charge is 2.40. The molecule has 0 unspecified atom stereocenters. The van der Waals surface area contributed by atoms with E-state index in [9.17, 15) is 22.8 Å². The summed E-state index contributed by atoms with van der Waals surface area (Å²) in [5, 5.41) is 4.49. The maximum absolute atomic E-state index is 12.6. The lowest BCUT2D eigenvalue weighted by molar-refractivity contribution is -0.174. The molecule has 0 saturated heterocycles. The van der Waals surface area contributed by atoms with Gasteiger partial charge in [0, 0.05) is 5.69 Å². The zero-order valence-electron chi connectivity index (χ0n) is 14.8. The molecule has 0 bridgehead atoms. The van der Waals surface area contributed by atoms with Gasteiger partial charge < -0.3 is 15.4 Å². The Morgan fingerprint density at radius 1 is 1.11 bits per heavy atom. The van der Waals surface area contributed by atoms with Crippen LogP contribution in [0.25, 0.3) is 0 Å². The minimum Gasteiger partial charge on any atom is -0.497 e. The fourth-order valence-corrected chi connectivity index (χ4v) is 2.45. The molecule has 0 spiro atoms. The van der Waals surface area contributed by atoms with E-state index in [1.54, 1.807) is 30.3 Å². The van der Waals surface area contributed by atoms with Crippen molar-refractivity contribution in [2.75, 3.05) is 12.4 Å². The molecule has 2 aromatic rings. The second-order valence-electron chi connectivity index (χ2n) is 5.92. The largest absolute Gasteiger partial charge is 0.497 e. The Hall–Kier alpha value is -3.03. The predicted molar refractivity (Wildman–Crippen MR) is 94.4 cm³/mol. The van der Waals surface area contributed by atoms with Crippen LogP contribution in [-0.2, 0) is 9.59 Å². The minimum absolute atomic E-state index is 0.354. The molecule has 0 aromatic heterocycles. The Morgan fingerprint density at radius 3 is 2.33 bits per heavy atom. The Morgan fingerprint density at radius 2 is 1.78 bits per heavy atom. The second kappa shape index (κ2) is 8.57. The number of aryl methyl sites for hydroxylation is 1. The molecule has 2 rings (SSSR count). The van der Waals surface area contributed by atoms with Gasteiger partial charge in [-0.3, -0.25) is 9.59 Å². The second-order valence-corrected chi connectivity index (χ2v) is 5.92. The molecule has 0 fully saturated rings.